The van der Waals surface area contributed by atoms with Crippen LogP contribution in [0.5, 0.6) is 0 Å². The lowest BCUT2D eigenvalue weighted by Crippen LogP contribution is -2.06. The summed E-state index contributed by atoms with van der Waals surface area (Å²) in [7, 11) is -0.792. The van der Waals surface area contributed by atoms with Gasteiger partial charge in [-0.1, -0.05) is 38.3 Å². The van der Waals surface area contributed by atoms with E-state index in [1.807, 2.05) is 0 Å². The summed E-state index contributed by atoms with van der Waals surface area (Å²) in [5, 5.41) is 0. The lowest BCUT2D eigenvalue weighted by atomic mass is 10.1. The van der Waals surface area contributed by atoms with Gasteiger partial charge >= 0.3 is 0 Å². The third kappa shape index (κ3) is 11.9. The Morgan fingerprint density at radius 2 is 1.85 bits per heavy atom. The van der Waals surface area contributed by atoms with Crippen molar-refractivity contribution in [1.29, 1.82) is 0 Å². The number of hydrogen-bond acceptors (Lipinski definition) is 1. The topological polar surface area (TPSA) is 9.23 Å². The van der Waals surface area contributed by atoms with Crippen LogP contribution in [-0.4, -0.2) is 15.6 Å². The van der Waals surface area contributed by atoms with Crippen molar-refractivity contribution in [3.8, 4) is 0 Å². The molecule has 0 spiro atoms. The highest BCUT2D eigenvalue weighted by atomic mass is 28.3. The Morgan fingerprint density at radius 3 is 2.46 bits per heavy atom. The predicted molar refractivity (Wildman–Crippen MR) is 62.7 cm³/mol. The van der Waals surface area contributed by atoms with Crippen LogP contribution in [0.1, 0.15) is 39.0 Å². The highest BCUT2D eigenvalue weighted by Crippen LogP contribution is 2.02. The minimum atomic E-state index is -0.792. The summed E-state index contributed by atoms with van der Waals surface area (Å²) in [6, 6.07) is 0. The molecule has 0 saturated heterocycles. The first-order valence-corrected chi connectivity index (χ1v) is 8.32. The zero-order valence-corrected chi connectivity index (χ0v) is 10.5. The predicted octanol–water partition coefficient (Wildman–Crippen LogP) is 3.51. The van der Waals surface area contributed by atoms with Crippen LogP contribution in [0.15, 0.2) is 12.2 Å². The molecule has 0 aromatic rings. The van der Waals surface area contributed by atoms with Crippen molar-refractivity contribution in [3.63, 3.8) is 0 Å². The van der Waals surface area contributed by atoms with Gasteiger partial charge in [0.25, 0.3) is 0 Å². The first kappa shape index (κ1) is 12.9. The summed E-state index contributed by atoms with van der Waals surface area (Å²) >= 11 is 0. The van der Waals surface area contributed by atoms with E-state index in [9.17, 15) is 0 Å². The Kier molecular flexibility index (Phi) is 9.94. The highest BCUT2D eigenvalue weighted by molar-refractivity contribution is 6.48. The largest absolute Gasteiger partial charge is 0.417 e. The highest BCUT2D eigenvalue weighted by Gasteiger charge is 1.90. The molecule has 0 fully saturated rings. The van der Waals surface area contributed by atoms with Crippen molar-refractivity contribution >= 4 is 9.04 Å². The Bertz CT molecular complexity index is 121. The SMILES string of the molecule is CCCCCCC=CCO[SiH](C)C. The van der Waals surface area contributed by atoms with Crippen LogP contribution >= 0.6 is 0 Å². The van der Waals surface area contributed by atoms with E-state index in [1.54, 1.807) is 0 Å². The van der Waals surface area contributed by atoms with Gasteiger partial charge in [-0.05, 0) is 25.9 Å². The standard InChI is InChI=1S/C11H24OSi/c1-4-5-6-7-8-9-10-11-12-13(2)3/h9-10,13H,4-8,11H2,1-3H3. The minimum absolute atomic E-state index is 0.792. The van der Waals surface area contributed by atoms with Crippen molar-refractivity contribution in [1.82, 2.24) is 0 Å². The number of hydrogen-bond donors (Lipinski definition) is 0. The van der Waals surface area contributed by atoms with Crippen LogP contribution in [0.4, 0.5) is 0 Å². The average Bonchev–Trinajstić information content (AvgIpc) is 2.09. The molecular formula is C11H24OSi. The fourth-order valence-electron chi connectivity index (χ4n) is 1.12. The second kappa shape index (κ2) is 10.0. The molecule has 0 aromatic carbocycles. The van der Waals surface area contributed by atoms with Crippen LogP contribution in [0.2, 0.25) is 13.1 Å². The summed E-state index contributed by atoms with van der Waals surface area (Å²) < 4.78 is 5.52. The molecule has 2 heteroatoms. The second-order valence-electron chi connectivity index (χ2n) is 3.70. The van der Waals surface area contributed by atoms with E-state index in [-0.39, 0.29) is 0 Å². The molecule has 0 bridgehead atoms. The molecule has 0 aliphatic heterocycles. The zero-order valence-electron chi connectivity index (χ0n) is 9.38. The van der Waals surface area contributed by atoms with Crippen molar-refractivity contribution in [3.05, 3.63) is 12.2 Å². The summed E-state index contributed by atoms with van der Waals surface area (Å²) in [4.78, 5) is 0. The Hall–Kier alpha value is -0.0831. The van der Waals surface area contributed by atoms with Gasteiger partial charge in [0.2, 0.25) is 0 Å². The lowest BCUT2D eigenvalue weighted by Gasteiger charge is -2.01. The van der Waals surface area contributed by atoms with E-state index >= 15 is 0 Å². The number of unbranched alkanes of at least 4 members (excludes halogenated alkanes) is 4. The van der Waals surface area contributed by atoms with Crippen LogP contribution in [0.3, 0.4) is 0 Å². The zero-order chi connectivity index (χ0) is 9.94. The van der Waals surface area contributed by atoms with E-state index in [2.05, 4.69) is 32.2 Å². The third-order valence-electron chi connectivity index (χ3n) is 1.92. The van der Waals surface area contributed by atoms with E-state index in [0.717, 1.165) is 6.61 Å². The molecule has 0 aliphatic rings. The normalized spacial score (nSPS) is 11.7. The molecule has 78 valence electrons. The number of rotatable bonds is 8. The molecule has 0 rings (SSSR count). The van der Waals surface area contributed by atoms with Gasteiger partial charge in [0.05, 0.1) is 6.61 Å². The lowest BCUT2D eigenvalue weighted by molar-refractivity contribution is 0.374. The van der Waals surface area contributed by atoms with E-state index in [0.29, 0.717) is 0 Å². The van der Waals surface area contributed by atoms with Gasteiger partial charge in [-0.15, -0.1) is 0 Å². The molecule has 1 nitrogen and oxygen atoms in total. The molecular weight excluding hydrogens is 176 g/mol. The Morgan fingerprint density at radius 1 is 1.08 bits per heavy atom. The van der Waals surface area contributed by atoms with Gasteiger partial charge in [0, 0.05) is 0 Å². The molecule has 0 heterocycles. The summed E-state index contributed by atoms with van der Waals surface area (Å²) in [5.41, 5.74) is 0. The maximum atomic E-state index is 5.52. The van der Waals surface area contributed by atoms with E-state index in [4.69, 9.17) is 4.43 Å². The molecule has 0 N–H and O–H groups in total. The van der Waals surface area contributed by atoms with Crippen LogP contribution in [0, 0.1) is 0 Å². The Labute approximate surface area is 84.9 Å². The fourth-order valence-corrected chi connectivity index (χ4v) is 1.62. The Balaban J connectivity index is 3.03. The summed E-state index contributed by atoms with van der Waals surface area (Å²) in [6.07, 6.45) is 11.1. The molecule has 0 saturated carbocycles. The van der Waals surface area contributed by atoms with Crippen molar-refractivity contribution in [2.45, 2.75) is 52.1 Å². The van der Waals surface area contributed by atoms with Crippen LogP contribution in [-0.2, 0) is 4.43 Å². The maximum Gasteiger partial charge on any atom is 0.171 e. The second-order valence-corrected chi connectivity index (χ2v) is 6.13. The minimum Gasteiger partial charge on any atom is -0.417 e. The van der Waals surface area contributed by atoms with Gasteiger partial charge < -0.3 is 4.43 Å². The molecule has 0 atom stereocenters. The molecule has 0 amide bonds. The summed E-state index contributed by atoms with van der Waals surface area (Å²) in [5.74, 6) is 0. The molecule has 0 unspecified atom stereocenters. The van der Waals surface area contributed by atoms with Crippen LogP contribution < -0.4 is 0 Å². The van der Waals surface area contributed by atoms with Gasteiger partial charge in [0.1, 0.15) is 0 Å². The van der Waals surface area contributed by atoms with Crippen LogP contribution in [0.25, 0.3) is 0 Å². The fraction of sp³-hybridized carbons (Fsp3) is 0.818. The smallest absolute Gasteiger partial charge is 0.171 e. The van der Waals surface area contributed by atoms with Crippen molar-refractivity contribution < 1.29 is 4.43 Å². The van der Waals surface area contributed by atoms with Crippen molar-refractivity contribution in [2.75, 3.05) is 6.61 Å². The first-order valence-electron chi connectivity index (χ1n) is 5.54. The maximum absolute atomic E-state index is 5.52. The number of allylic oxidation sites excluding steroid dienone is 1. The molecule has 13 heavy (non-hydrogen) atoms. The third-order valence-corrected chi connectivity index (χ3v) is 2.78. The van der Waals surface area contributed by atoms with Gasteiger partial charge in [-0.2, -0.15) is 0 Å². The van der Waals surface area contributed by atoms with Crippen molar-refractivity contribution in [2.24, 2.45) is 0 Å². The summed E-state index contributed by atoms with van der Waals surface area (Å²) in [6.45, 7) is 7.48. The average molecular weight is 200 g/mol. The molecule has 0 aromatic heterocycles. The quantitative estimate of drug-likeness (QED) is 0.331. The van der Waals surface area contributed by atoms with Gasteiger partial charge in [-0.25, -0.2) is 0 Å². The monoisotopic (exact) mass is 200 g/mol. The van der Waals surface area contributed by atoms with Gasteiger partial charge in [-0.3, -0.25) is 0 Å². The van der Waals surface area contributed by atoms with E-state index < -0.39 is 9.04 Å². The van der Waals surface area contributed by atoms with E-state index in [1.165, 1.54) is 32.1 Å². The molecule has 0 aliphatic carbocycles. The first-order chi connectivity index (χ1) is 6.27. The molecule has 0 radical (unpaired) electrons. The van der Waals surface area contributed by atoms with Gasteiger partial charge in [0.15, 0.2) is 9.04 Å².